The summed E-state index contributed by atoms with van der Waals surface area (Å²) in [6, 6.07) is 9.48. The third-order valence-electron chi connectivity index (χ3n) is 4.45. The number of nitrogens with one attached hydrogen (secondary N) is 1. The van der Waals surface area contributed by atoms with Crippen molar-refractivity contribution in [1.82, 2.24) is 4.98 Å². The summed E-state index contributed by atoms with van der Waals surface area (Å²) in [6.45, 7) is 7.67. The maximum absolute atomic E-state index is 12.2. The van der Waals surface area contributed by atoms with Crippen LogP contribution in [0.5, 0.6) is 11.6 Å². The molecule has 0 radical (unpaired) electrons. The molecular weight excluding hydrogens is 372 g/mol. The van der Waals surface area contributed by atoms with E-state index in [9.17, 15) is 4.79 Å². The zero-order valence-corrected chi connectivity index (χ0v) is 17.3. The Morgan fingerprint density at radius 3 is 2.69 bits per heavy atom. The SMILES string of the molecule is CCOC(=O)OC1=C(C)Nc2ccnc(OC(C)C)c2C1c1ccccc1OC. The van der Waals surface area contributed by atoms with Gasteiger partial charge in [-0.2, -0.15) is 0 Å². The second-order valence-electron chi connectivity index (χ2n) is 6.82. The van der Waals surface area contributed by atoms with Crippen LogP contribution in [0.25, 0.3) is 0 Å². The molecule has 0 amide bonds. The van der Waals surface area contributed by atoms with Crippen LogP contribution in [-0.4, -0.2) is 31.0 Å². The van der Waals surface area contributed by atoms with Gasteiger partial charge in [-0.25, -0.2) is 9.78 Å². The minimum absolute atomic E-state index is 0.0752. The lowest BCUT2D eigenvalue weighted by molar-refractivity contribution is 0.0774. The third kappa shape index (κ3) is 4.29. The molecule has 154 valence electrons. The highest BCUT2D eigenvalue weighted by Crippen LogP contribution is 2.48. The molecule has 1 aromatic carbocycles. The van der Waals surface area contributed by atoms with Gasteiger partial charge in [0.1, 0.15) is 11.5 Å². The molecule has 0 fully saturated rings. The Kier molecular flexibility index (Phi) is 6.26. The average molecular weight is 398 g/mol. The smallest absolute Gasteiger partial charge is 0.496 e. The molecule has 0 bridgehead atoms. The Balaban J connectivity index is 2.21. The van der Waals surface area contributed by atoms with Gasteiger partial charge in [-0.3, -0.25) is 0 Å². The van der Waals surface area contributed by atoms with Crippen molar-refractivity contribution in [2.75, 3.05) is 19.0 Å². The van der Waals surface area contributed by atoms with E-state index in [-0.39, 0.29) is 12.7 Å². The van der Waals surface area contributed by atoms with Crippen molar-refractivity contribution in [2.45, 2.75) is 39.7 Å². The molecule has 0 saturated carbocycles. The summed E-state index contributed by atoms with van der Waals surface area (Å²) in [7, 11) is 1.61. The van der Waals surface area contributed by atoms with Crippen molar-refractivity contribution in [3.05, 3.63) is 59.1 Å². The van der Waals surface area contributed by atoms with E-state index >= 15 is 0 Å². The number of anilines is 1. The number of benzene rings is 1. The van der Waals surface area contributed by atoms with Gasteiger partial charge in [-0.05, 0) is 39.8 Å². The fourth-order valence-electron chi connectivity index (χ4n) is 3.34. The molecule has 29 heavy (non-hydrogen) atoms. The van der Waals surface area contributed by atoms with E-state index in [2.05, 4.69) is 10.3 Å². The Labute approximate surface area is 170 Å². The summed E-state index contributed by atoms with van der Waals surface area (Å²) < 4.78 is 22.2. The fourth-order valence-corrected chi connectivity index (χ4v) is 3.34. The van der Waals surface area contributed by atoms with E-state index < -0.39 is 12.1 Å². The topological polar surface area (TPSA) is 78.9 Å². The van der Waals surface area contributed by atoms with Crippen LogP contribution in [0, 0.1) is 0 Å². The number of hydrogen-bond acceptors (Lipinski definition) is 7. The van der Waals surface area contributed by atoms with Crippen LogP contribution < -0.4 is 14.8 Å². The first-order valence-corrected chi connectivity index (χ1v) is 9.57. The van der Waals surface area contributed by atoms with Gasteiger partial charge in [-0.15, -0.1) is 0 Å². The monoisotopic (exact) mass is 398 g/mol. The van der Waals surface area contributed by atoms with E-state index in [1.54, 1.807) is 20.2 Å². The van der Waals surface area contributed by atoms with Crippen molar-refractivity contribution >= 4 is 11.8 Å². The van der Waals surface area contributed by atoms with Crippen molar-refractivity contribution in [3.8, 4) is 11.6 Å². The Morgan fingerprint density at radius 1 is 1.24 bits per heavy atom. The Morgan fingerprint density at radius 2 is 2.00 bits per heavy atom. The number of pyridine rings is 1. The molecule has 1 unspecified atom stereocenters. The molecule has 2 aromatic rings. The van der Waals surface area contributed by atoms with Crippen LogP contribution in [0.15, 0.2) is 48.0 Å². The van der Waals surface area contributed by atoms with E-state index in [1.165, 1.54) is 0 Å². The van der Waals surface area contributed by atoms with E-state index in [0.717, 1.165) is 16.8 Å². The molecule has 7 heteroatoms. The van der Waals surface area contributed by atoms with Gasteiger partial charge in [-0.1, -0.05) is 18.2 Å². The number of carbonyl (C=O) groups is 1. The predicted octanol–water partition coefficient (Wildman–Crippen LogP) is 4.84. The lowest BCUT2D eigenvalue weighted by atomic mass is 9.85. The van der Waals surface area contributed by atoms with Crippen LogP contribution in [0.4, 0.5) is 10.5 Å². The lowest BCUT2D eigenvalue weighted by Gasteiger charge is -2.31. The number of carbonyl (C=O) groups excluding carboxylic acids is 1. The van der Waals surface area contributed by atoms with E-state index in [4.69, 9.17) is 18.9 Å². The minimum atomic E-state index is -0.762. The second-order valence-corrected chi connectivity index (χ2v) is 6.82. The van der Waals surface area contributed by atoms with Gasteiger partial charge < -0.3 is 24.3 Å². The van der Waals surface area contributed by atoms with Crippen molar-refractivity contribution in [3.63, 3.8) is 0 Å². The van der Waals surface area contributed by atoms with Gasteiger partial charge in [0.2, 0.25) is 5.88 Å². The molecule has 1 aliphatic heterocycles. The second kappa shape index (κ2) is 8.86. The summed E-state index contributed by atoms with van der Waals surface area (Å²) >= 11 is 0. The fraction of sp³-hybridized carbons (Fsp3) is 0.364. The number of aromatic nitrogens is 1. The number of rotatable bonds is 6. The molecule has 1 aliphatic rings. The summed E-state index contributed by atoms with van der Waals surface area (Å²) in [5.74, 6) is 1.09. The standard InChI is InChI=1S/C22H26N2O5/c1-6-27-22(25)29-20-14(4)24-16-11-12-23-21(28-13(2)3)19(16)18(20)15-9-7-8-10-17(15)26-5/h7-13,18,24H,6H2,1-5H3. The highest BCUT2D eigenvalue weighted by molar-refractivity contribution is 5.71. The molecule has 7 nitrogen and oxygen atoms in total. The molecule has 1 aromatic heterocycles. The summed E-state index contributed by atoms with van der Waals surface area (Å²) in [5, 5.41) is 3.29. The summed E-state index contributed by atoms with van der Waals surface area (Å²) in [5.41, 5.74) is 3.14. The number of methoxy groups -OCH3 is 1. The first-order valence-electron chi connectivity index (χ1n) is 9.57. The largest absolute Gasteiger partial charge is 0.513 e. The lowest BCUT2D eigenvalue weighted by Crippen LogP contribution is -2.24. The van der Waals surface area contributed by atoms with Gasteiger partial charge in [0, 0.05) is 17.4 Å². The number of hydrogen-bond donors (Lipinski definition) is 1. The molecule has 1 atom stereocenters. The molecule has 1 N–H and O–H groups in total. The van der Waals surface area contributed by atoms with Gasteiger partial charge >= 0.3 is 6.16 Å². The predicted molar refractivity (Wildman–Crippen MR) is 109 cm³/mol. The number of nitrogens with zero attached hydrogens (tertiary/aromatic N) is 1. The van der Waals surface area contributed by atoms with Crippen LogP contribution >= 0.6 is 0 Å². The first kappa shape index (κ1) is 20.5. The van der Waals surface area contributed by atoms with E-state index in [0.29, 0.717) is 23.1 Å². The quantitative estimate of drug-likeness (QED) is 0.698. The Bertz CT molecular complexity index is 923. The third-order valence-corrected chi connectivity index (χ3v) is 4.45. The van der Waals surface area contributed by atoms with Gasteiger partial charge in [0.05, 0.1) is 37.0 Å². The zero-order chi connectivity index (χ0) is 21.0. The van der Waals surface area contributed by atoms with Gasteiger partial charge in [0.15, 0.2) is 0 Å². The summed E-state index contributed by atoms with van der Waals surface area (Å²) in [4.78, 5) is 16.6. The van der Waals surface area contributed by atoms with Crippen molar-refractivity contribution < 1.29 is 23.7 Å². The van der Waals surface area contributed by atoms with Crippen LogP contribution in [0.3, 0.4) is 0 Å². The molecule has 0 spiro atoms. The highest BCUT2D eigenvalue weighted by atomic mass is 16.7. The number of fused-ring (bicyclic) bond motifs is 1. The molecule has 3 rings (SSSR count). The number of ether oxygens (including phenoxy) is 4. The molecular formula is C22H26N2O5. The van der Waals surface area contributed by atoms with E-state index in [1.807, 2.05) is 51.1 Å². The maximum atomic E-state index is 12.2. The maximum Gasteiger partial charge on any atom is 0.513 e. The number of para-hydroxylation sites is 1. The van der Waals surface area contributed by atoms with Crippen LogP contribution in [-0.2, 0) is 9.47 Å². The first-order chi connectivity index (χ1) is 14.0. The van der Waals surface area contributed by atoms with Crippen molar-refractivity contribution in [2.24, 2.45) is 0 Å². The van der Waals surface area contributed by atoms with Crippen molar-refractivity contribution in [1.29, 1.82) is 0 Å². The van der Waals surface area contributed by atoms with Crippen LogP contribution in [0.2, 0.25) is 0 Å². The van der Waals surface area contributed by atoms with Crippen LogP contribution in [0.1, 0.15) is 44.7 Å². The Hall–Kier alpha value is -3.22. The molecule has 0 aliphatic carbocycles. The number of allylic oxidation sites excluding steroid dienone is 2. The normalized spacial score (nSPS) is 15.4. The zero-order valence-electron chi connectivity index (χ0n) is 17.3. The highest BCUT2D eigenvalue weighted by Gasteiger charge is 2.36. The van der Waals surface area contributed by atoms with Gasteiger partial charge in [0.25, 0.3) is 0 Å². The molecule has 2 heterocycles. The summed E-state index contributed by atoms with van der Waals surface area (Å²) in [6.07, 6.45) is 0.851. The molecule has 0 saturated heterocycles. The minimum Gasteiger partial charge on any atom is -0.496 e. The average Bonchev–Trinajstić information content (AvgIpc) is 2.68.